The fourth-order valence-electron chi connectivity index (χ4n) is 2.84. The summed E-state index contributed by atoms with van der Waals surface area (Å²) in [7, 11) is 1.64. The Labute approximate surface area is 158 Å². The fourth-order valence-corrected chi connectivity index (χ4v) is 3.63. The van der Waals surface area contributed by atoms with E-state index in [1.165, 1.54) is 24.2 Å². The molecule has 5 nitrogen and oxygen atoms in total. The summed E-state index contributed by atoms with van der Waals surface area (Å²) in [6.45, 7) is 2.66. The molecule has 3 rings (SSSR count). The number of methoxy groups -OCH3 is 1. The molecule has 25 heavy (non-hydrogen) atoms. The van der Waals surface area contributed by atoms with Crippen LogP contribution in [0.25, 0.3) is 0 Å². The largest absolute Gasteiger partial charge is 0.497 e. The highest BCUT2D eigenvalue weighted by Gasteiger charge is 2.36. The van der Waals surface area contributed by atoms with E-state index in [-0.39, 0.29) is 24.4 Å². The lowest BCUT2D eigenvalue weighted by molar-refractivity contribution is 0.0971. The Morgan fingerprint density at radius 1 is 1.40 bits per heavy atom. The Hall–Kier alpha value is -1.63. The second-order valence-corrected chi connectivity index (χ2v) is 7.06. The molecule has 7 heteroatoms. The number of hydrogen-bond acceptors (Lipinski definition) is 5. The van der Waals surface area contributed by atoms with Crippen molar-refractivity contribution in [2.24, 2.45) is 11.7 Å². The predicted octanol–water partition coefficient (Wildman–Crippen LogP) is 3.52. The van der Waals surface area contributed by atoms with Gasteiger partial charge in [-0.05, 0) is 56.5 Å². The van der Waals surface area contributed by atoms with Crippen LogP contribution in [0.1, 0.15) is 35.3 Å². The summed E-state index contributed by atoms with van der Waals surface area (Å²) in [6, 6.07) is 7.79. The van der Waals surface area contributed by atoms with Gasteiger partial charge in [0.05, 0.1) is 12.1 Å². The number of halogens is 1. The van der Waals surface area contributed by atoms with E-state index in [9.17, 15) is 4.79 Å². The van der Waals surface area contributed by atoms with Crippen LogP contribution in [0.2, 0.25) is 0 Å². The van der Waals surface area contributed by atoms with Gasteiger partial charge in [0.25, 0.3) is 5.91 Å². The van der Waals surface area contributed by atoms with Crippen LogP contribution in [0, 0.1) is 5.92 Å². The zero-order chi connectivity index (χ0) is 17.1. The number of anilines is 1. The van der Waals surface area contributed by atoms with Gasteiger partial charge in [0.15, 0.2) is 0 Å². The van der Waals surface area contributed by atoms with Gasteiger partial charge in [0.1, 0.15) is 11.4 Å². The molecule has 0 aliphatic heterocycles. The smallest absolute Gasteiger partial charge is 0.278 e. The summed E-state index contributed by atoms with van der Waals surface area (Å²) < 4.78 is 5.22. The molecule has 1 unspecified atom stereocenters. The number of benzene rings is 1. The van der Waals surface area contributed by atoms with Crippen LogP contribution < -0.4 is 15.4 Å². The first kappa shape index (κ1) is 19.7. The first-order chi connectivity index (χ1) is 11.6. The van der Waals surface area contributed by atoms with E-state index in [1.807, 2.05) is 34.5 Å². The summed E-state index contributed by atoms with van der Waals surface area (Å²) in [6.07, 6.45) is 3.06. The number of aromatic nitrogens is 1. The van der Waals surface area contributed by atoms with Crippen molar-refractivity contribution in [3.05, 3.63) is 40.3 Å². The van der Waals surface area contributed by atoms with E-state index in [0.29, 0.717) is 24.6 Å². The monoisotopic (exact) mass is 381 g/mol. The highest BCUT2D eigenvalue weighted by atomic mass is 35.5. The number of rotatable bonds is 7. The molecule has 1 fully saturated rings. The number of carbonyl (C=O) groups excluding carboxylic acids is 1. The Bertz CT molecular complexity index is 701. The van der Waals surface area contributed by atoms with Crippen molar-refractivity contribution in [3.8, 4) is 5.75 Å². The van der Waals surface area contributed by atoms with E-state index in [4.69, 9.17) is 10.5 Å². The first-order valence-electron chi connectivity index (χ1n) is 8.26. The van der Waals surface area contributed by atoms with Gasteiger partial charge < -0.3 is 15.4 Å². The van der Waals surface area contributed by atoms with Crippen molar-refractivity contribution in [2.45, 2.75) is 32.2 Å². The fraction of sp³-hybridized carbons (Fsp3) is 0.444. The van der Waals surface area contributed by atoms with Crippen LogP contribution in [0.15, 0.2) is 29.6 Å². The van der Waals surface area contributed by atoms with Gasteiger partial charge in [-0.1, -0.05) is 0 Å². The Balaban J connectivity index is 0.00000225. The number of nitrogens with zero attached hydrogens (tertiary/aromatic N) is 2. The molecule has 1 atom stereocenters. The summed E-state index contributed by atoms with van der Waals surface area (Å²) in [5.41, 5.74) is 6.97. The third-order valence-electron chi connectivity index (χ3n) is 4.41. The molecule has 0 spiro atoms. The molecule has 1 heterocycles. The molecule has 1 aliphatic rings. The normalized spacial score (nSPS) is 14.5. The molecule has 1 saturated carbocycles. The minimum absolute atomic E-state index is 0. The van der Waals surface area contributed by atoms with E-state index < -0.39 is 0 Å². The van der Waals surface area contributed by atoms with Crippen molar-refractivity contribution in [2.75, 3.05) is 18.6 Å². The number of thiazole rings is 1. The minimum Gasteiger partial charge on any atom is -0.497 e. The van der Waals surface area contributed by atoms with Gasteiger partial charge in [-0.3, -0.25) is 4.79 Å². The van der Waals surface area contributed by atoms with E-state index in [1.54, 1.807) is 7.11 Å². The molecule has 1 aliphatic carbocycles. The molecule has 136 valence electrons. The second kappa shape index (κ2) is 8.65. The summed E-state index contributed by atoms with van der Waals surface area (Å²) in [4.78, 5) is 19.4. The maximum atomic E-state index is 13.1. The Kier molecular flexibility index (Phi) is 6.81. The Morgan fingerprint density at radius 3 is 2.64 bits per heavy atom. The summed E-state index contributed by atoms with van der Waals surface area (Å²) in [5.74, 6) is 1.31. The minimum atomic E-state index is -0.0425. The average Bonchev–Trinajstić information content (AvgIpc) is 3.35. The average molecular weight is 382 g/mol. The molecule has 2 N–H and O–H groups in total. The zero-order valence-corrected chi connectivity index (χ0v) is 16.1. The first-order valence-corrected chi connectivity index (χ1v) is 9.14. The summed E-state index contributed by atoms with van der Waals surface area (Å²) in [5, 5.41) is 2.75. The molecule has 1 aromatic heterocycles. The molecule has 2 aromatic rings. The number of amides is 1. The summed E-state index contributed by atoms with van der Waals surface area (Å²) >= 11 is 1.50. The third-order valence-corrected chi connectivity index (χ3v) is 5.32. The van der Waals surface area contributed by atoms with Crippen LogP contribution >= 0.6 is 23.7 Å². The van der Waals surface area contributed by atoms with Gasteiger partial charge in [-0.15, -0.1) is 23.7 Å². The van der Waals surface area contributed by atoms with Gasteiger partial charge in [0.2, 0.25) is 0 Å². The van der Waals surface area contributed by atoms with Crippen LogP contribution in [0.5, 0.6) is 5.75 Å². The van der Waals surface area contributed by atoms with E-state index in [0.717, 1.165) is 16.4 Å². The quantitative estimate of drug-likeness (QED) is 0.796. The number of ether oxygens (including phenoxy) is 1. The van der Waals surface area contributed by atoms with Gasteiger partial charge in [-0.25, -0.2) is 4.98 Å². The third kappa shape index (κ3) is 4.51. The molecule has 0 saturated heterocycles. The SMILES string of the molecule is COc1ccc(N(C(=O)c2csc(CCN)n2)C(C)C2CC2)cc1.Cl. The van der Waals surface area contributed by atoms with Crippen molar-refractivity contribution in [1.29, 1.82) is 0 Å². The maximum Gasteiger partial charge on any atom is 0.278 e. The zero-order valence-electron chi connectivity index (χ0n) is 14.5. The Morgan fingerprint density at radius 2 is 2.08 bits per heavy atom. The van der Waals surface area contributed by atoms with Gasteiger partial charge in [0, 0.05) is 23.5 Å². The molecule has 1 aromatic carbocycles. The second-order valence-electron chi connectivity index (χ2n) is 6.12. The molecule has 1 amide bonds. The number of nitrogens with two attached hydrogens (primary N) is 1. The van der Waals surface area contributed by atoms with Crippen molar-refractivity contribution in [3.63, 3.8) is 0 Å². The van der Waals surface area contributed by atoms with E-state index >= 15 is 0 Å². The topological polar surface area (TPSA) is 68.5 Å². The van der Waals surface area contributed by atoms with Crippen LogP contribution in [0.4, 0.5) is 5.69 Å². The predicted molar refractivity (Wildman–Crippen MR) is 104 cm³/mol. The van der Waals surface area contributed by atoms with Crippen LogP contribution in [-0.2, 0) is 6.42 Å². The highest BCUT2D eigenvalue weighted by Crippen LogP contribution is 2.38. The molecular weight excluding hydrogens is 358 g/mol. The van der Waals surface area contributed by atoms with Crippen molar-refractivity contribution >= 4 is 35.3 Å². The number of hydrogen-bond donors (Lipinski definition) is 1. The number of carbonyl (C=O) groups is 1. The van der Waals surface area contributed by atoms with E-state index in [2.05, 4.69) is 11.9 Å². The molecular formula is C18H24ClN3O2S. The van der Waals surface area contributed by atoms with Gasteiger partial charge in [-0.2, -0.15) is 0 Å². The van der Waals surface area contributed by atoms with Crippen molar-refractivity contribution < 1.29 is 9.53 Å². The van der Waals surface area contributed by atoms with Crippen molar-refractivity contribution in [1.82, 2.24) is 4.98 Å². The molecule has 0 radical (unpaired) electrons. The van der Waals surface area contributed by atoms with Crippen LogP contribution in [-0.4, -0.2) is 30.6 Å². The van der Waals surface area contributed by atoms with Crippen LogP contribution in [0.3, 0.4) is 0 Å². The lowest BCUT2D eigenvalue weighted by Crippen LogP contribution is -2.40. The highest BCUT2D eigenvalue weighted by molar-refractivity contribution is 7.09. The standard InChI is InChI=1S/C18H23N3O2S.ClH/c1-12(13-3-4-13)21(14-5-7-15(23-2)8-6-14)18(22)16-11-24-17(20-16)9-10-19;/h5-8,11-13H,3-4,9-10,19H2,1-2H3;1H. The lowest BCUT2D eigenvalue weighted by Gasteiger charge is -2.29. The molecule has 0 bridgehead atoms. The van der Waals surface area contributed by atoms with Gasteiger partial charge >= 0.3 is 0 Å². The lowest BCUT2D eigenvalue weighted by atomic mass is 10.1. The maximum absolute atomic E-state index is 13.1.